The minimum atomic E-state index is -0.633. The number of rotatable bonds is 4. The Kier molecular flexibility index (Phi) is 3.97. The van der Waals surface area contributed by atoms with Gasteiger partial charge in [-0.25, -0.2) is 4.39 Å². The monoisotopic (exact) mass is 208 g/mol. The van der Waals surface area contributed by atoms with Crippen LogP contribution in [0.5, 0.6) is 0 Å². The topological polar surface area (TPSA) is 46.2 Å². The molecule has 0 fully saturated rings. The Morgan fingerprint density at radius 3 is 2.93 bits per heavy atom. The fourth-order valence-corrected chi connectivity index (χ4v) is 1.15. The van der Waals surface area contributed by atoms with E-state index in [9.17, 15) is 14.0 Å². The van der Waals surface area contributed by atoms with Crippen molar-refractivity contribution >= 4 is 12.2 Å². The van der Waals surface area contributed by atoms with Crippen LogP contribution in [0.4, 0.5) is 4.39 Å². The quantitative estimate of drug-likeness (QED) is 0.801. The van der Waals surface area contributed by atoms with Gasteiger partial charge in [-0.1, -0.05) is 12.1 Å². The summed E-state index contributed by atoms with van der Waals surface area (Å²) in [5.41, 5.74) is 0.575. The largest absolute Gasteiger partial charge is 0.346 e. The summed E-state index contributed by atoms with van der Waals surface area (Å²) in [4.78, 5) is 21.4. The maximum absolute atomic E-state index is 12.8. The number of carbonyl (C=O) groups is 1. The highest BCUT2D eigenvalue weighted by atomic mass is 19.1. The van der Waals surface area contributed by atoms with Gasteiger partial charge in [0.25, 0.3) is 0 Å². The lowest BCUT2D eigenvalue weighted by Crippen LogP contribution is -2.34. The van der Waals surface area contributed by atoms with Crippen molar-refractivity contribution in [1.82, 2.24) is 5.32 Å². The second kappa shape index (κ2) is 5.24. The fourth-order valence-electron chi connectivity index (χ4n) is 1.15. The molecule has 1 rings (SSSR count). The van der Waals surface area contributed by atoms with Crippen LogP contribution in [0.25, 0.3) is 0 Å². The van der Waals surface area contributed by atoms with E-state index in [2.05, 4.69) is 5.32 Å². The van der Waals surface area contributed by atoms with E-state index in [1.165, 1.54) is 25.1 Å². The summed E-state index contributed by atoms with van der Waals surface area (Å²) in [5.74, 6) is -0.702. The van der Waals surface area contributed by atoms with Gasteiger partial charge in [-0.05, 0) is 24.6 Å². The molecule has 1 aromatic rings. The molecule has 15 heavy (non-hydrogen) atoms. The van der Waals surface area contributed by atoms with Gasteiger partial charge in [0.2, 0.25) is 12.2 Å². The van der Waals surface area contributed by atoms with Crippen molar-refractivity contribution in [2.75, 3.05) is 0 Å². The van der Waals surface area contributed by atoms with Crippen LogP contribution in [0, 0.1) is 5.82 Å². The first-order chi connectivity index (χ1) is 7.11. The number of halogens is 1. The van der Waals surface area contributed by atoms with E-state index in [4.69, 9.17) is 0 Å². The lowest BCUT2D eigenvalue weighted by atomic mass is 10.1. The highest BCUT2D eigenvalue weighted by molar-refractivity contribution is 5.81. The van der Waals surface area contributed by atoms with E-state index in [1.807, 2.05) is 0 Å². The lowest BCUT2D eigenvalue weighted by Gasteiger charge is -2.06. The summed E-state index contributed by atoms with van der Waals surface area (Å²) in [6, 6.07) is 5.15. The number of hydrogen-bond acceptors (Lipinski definition) is 2. The first-order valence-corrected chi connectivity index (χ1v) is 4.53. The van der Waals surface area contributed by atoms with Crippen LogP contribution in [0.2, 0.25) is 0 Å². The Morgan fingerprint density at radius 1 is 1.60 bits per heavy atom. The first kappa shape index (κ1) is 11.4. The summed E-state index contributed by atoms with van der Waals surface area (Å²) in [6.45, 7) is 1.52. The van der Waals surface area contributed by atoms with Crippen LogP contribution in [0.15, 0.2) is 24.3 Å². The molecular weight excluding hydrogens is 197 g/mol. The number of carbonyl (C=O) groups excluding carboxylic acids is 2. The van der Waals surface area contributed by atoms with Gasteiger partial charge in [-0.2, -0.15) is 0 Å². The molecule has 1 amide bonds. The van der Waals surface area contributed by atoms with Crippen LogP contribution in [0.1, 0.15) is 12.5 Å². The van der Waals surface area contributed by atoms with Crippen LogP contribution in [-0.2, 0) is 16.0 Å². The molecule has 0 saturated heterocycles. The molecule has 1 N–H and O–H groups in total. The van der Waals surface area contributed by atoms with Gasteiger partial charge in [0, 0.05) is 0 Å². The molecule has 0 bridgehead atoms. The third kappa shape index (κ3) is 3.89. The van der Waals surface area contributed by atoms with E-state index in [1.54, 1.807) is 12.4 Å². The first-order valence-electron chi connectivity index (χ1n) is 4.53. The Hall–Kier alpha value is -1.71. The molecule has 0 heterocycles. The highest BCUT2D eigenvalue weighted by Crippen LogP contribution is 2.04. The Morgan fingerprint density at radius 2 is 2.33 bits per heavy atom. The zero-order valence-electron chi connectivity index (χ0n) is 8.29. The molecule has 0 spiro atoms. The molecule has 0 aliphatic rings. The van der Waals surface area contributed by atoms with E-state index in [0.29, 0.717) is 5.56 Å². The molecule has 79 valence electrons. The minimum Gasteiger partial charge on any atom is -0.346 e. The summed E-state index contributed by atoms with van der Waals surface area (Å²) in [5, 5.41) is 2.41. The van der Waals surface area contributed by atoms with Crippen LogP contribution in [0.3, 0.4) is 0 Å². The zero-order valence-corrected chi connectivity index (χ0v) is 8.29. The van der Waals surface area contributed by atoms with Crippen molar-refractivity contribution in [1.29, 1.82) is 0 Å². The Labute approximate surface area is 87.3 Å². The summed E-state index contributed by atoms with van der Waals surface area (Å²) in [7, 11) is 0. The highest BCUT2D eigenvalue weighted by Gasteiger charge is 2.07. The summed E-state index contributed by atoms with van der Waals surface area (Å²) in [6.07, 6.45) is 1.70. The number of benzene rings is 1. The maximum atomic E-state index is 12.8. The van der Waals surface area contributed by atoms with E-state index < -0.39 is 6.04 Å². The molecule has 0 unspecified atom stereocenters. The third-order valence-electron chi connectivity index (χ3n) is 1.81. The maximum Gasteiger partial charge on any atom is 0.225 e. The predicted molar refractivity (Wildman–Crippen MR) is 53.4 cm³/mol. The van der Waals surface area contributed by atoms with Crippen molar-refractivity contribution < 1.29 is 14.0 Å². The molecule has 3 nitrogen and oxygen atoms in total. The van der Waals surface area contributed by atoms with Crippen molar-refractivity contribution in [3.63, 3.8) is 0 Å². The Bertz CT molecular complexity index is 365. The predicted octanol–water partition coefficient (Wildman–Crippen LogP) is 0.983. The second-order valence-electron chi connectivity index (χ2n) is 3.21. The van der Waals surface area contributed by atoms with Crippen molar-refractivity contribution in [3.05, 3.63) is 35.6 Å². The van der Waals surface area contributed by atoms with Crippen LogP contribution >= 0.6 is 0 Å². The summed E-state index contributed by atoms with van der Waals surface area (Å²) < 4.78 is 12.8. The molecule has 0 aromatic heterocycles. The average Bonchev–Trinajstić information content (AvgIpc) is 2.17. The van der Waals surface area contributed by atoms with Gasteiger partial charge in [0.15, 0.2) is 0 Å². The molecule has 1 aromatic carbocycles. The van der Waals surface area contributed by atoms with E-state index in [0.717, 1.165) is 0 Å². The number of amides is 1. The SMILES string of the molecule is C[C@@H]([C]=O)NC(=O)Cc1cccc(F)c1. The molecule has 0 saturated carbocycles. The van der Waals surface area contributed by atoms with Gasteiger partial charge in [-0.15, -0.1) is 0 Å². The van der Waals surface area contributed by atoms with Gasteiger partial charge in [-0.3, -0.25) is 9.59 Å². The average molecular weight is 208 g/mol. The van der Waals surface area contributed by atoms with E-state index in [-0.39, 0.29) is 18.1 Å². The van der Waals surface area contributed by atoms with Crippen molar-refractivity contribution in [2.24, 2.45) is 0 Å². The van der Waals surface area contributed by atoms with Gasteiger partial charge < -0.3 is 5.32 Å². The smallest absolute Gasteiger partial charge is 0.225 e. The normalized spacial score (nSPS) is 11.9. The van der Waals surface area contributed by atoms with Crippen molar-refractivity contribution in [2.45, 2.75) is 19.4 Å². The summed E-state index contributed by atoms with van der Waals surface area (Å²) >= 11 is 0. The van der Waals surface area contributed by atoms with Crippen LogP contribution in [-0.4, -0.2) is 18.2 Å². The molecular formula is C11H11FNO2. The minimum absolute atomic E-state index is 0.0593. The zero-order chi connectivity index (χ0) is 11.3. The van der Waals surface area contributed by atoms with Gasteiger partial charge in [0.1, 0.15) is 5.82 Å². The third-order valence-corrected chi connectivity index (χ3v) is 1.81. The molecule has 0 aliphatic heterocycles. The number of hydrogen-bond donors (Lipinski definition) is 1. The number of nitrogens with one attached hydrogen (secondary N) is 1. The van der Waals surface area contributed by atoms with Gasteiger partial charge >= 0.3 is 0 Å². The molecule has 4 heteroatoms. The fraction of sp³-hybridized carbons (Fsp3) is 0.273. The lowest BCUT2D eigenvalue weighted by molar-refractivity contribution is -0.120. The van der Waals surface area contributed by atoms with Crippen molar-refractivity contribution in [3.8, 4) is 0 Å². The Balaban J connectivity index is 2.55. The standard InChI is InChI=1S/C11H11FNO2/c1-8(7-14)13-11(15)6-9-3-2-4-10(12)5-9/h2-5,8H,6H2,1H3,(H,13,15)/t8-/m0/s1. The molecule has 1 radical (unpaired) electrons. The van der Waals surface area contributed by atoms with Gasteiger partial charge in [0.05, 0.1) is 12.5 Å². The van der Waals surface area contributed by atoms with Crippen LogP contribution < -0.4 is 5.32 Å². The molecule has 1 atom stereocenters. The molecule has 0 aliphatic carbocycles. The van der Waals surface area contributed by atoms with E-state index >= 15 is 0 Å². The second-order valence-corrected chi connectivity index (χ2v) is 3.21.